The van der Waals surface area contributed by atoms with E-state index in [4.69, 9.17) is 5.73 Å². The summed E-state index contributed by atoms with van der Waals surface area (Å²) in [5.41, 5.74) is 8.14. The number of aromatic nitrogens is 2. The summed E-state index contributed by atoms with van der Waals surface area (Å²) in [4.78, 5) is 2.17. The van der Waals surface area contributed by atoms with Crippen LogP contribution in [0, 0.1) is 0 Å². The molecule has 1 atom stereocenters. The smallest absolute Gasteiger partial charge is 0.0650 e. The van der Waals surface area contributed by atoms with Crippen LogP contribution in [0.5, 0.6) is 0 Å². The SMILES string of the molecule is CN(C)C(CN)Cc1ccc2[nH]ncc2c1. The van der Waals surface area contributed by atoms with Crippen molar-refractivity contribution >= 4 is 10.9 Å². The zero-order valence-electron chi connectivity index (χ0n) is 9.77. The standard InChI is InChI=1S/C12H18N4/c1-16(2)11(7-13)6-9-3-4-12-10(5-9)8-14-15-12/h3-5,8,11H,6-7,13H2,1-2H3,(H,14,15). The van der Waals surface area contributed by atoms with Crippen LogP contribution in [0.2, 0.25) is 0 Å². The molecule has 1 unspecified atom stereocenters. The number of benzene rings is 1. The lowest BCUT2D eigenvalue weighted by Crippen LogP contribution is -2.36. The summed E-state index contributed by atoms with van der Waals surface area (Å²) in [6, 6.07) is 6.77. The second kappa shape index (κ2) is 4.63. The number of nitrogens with one attached hydrogen (secondary N) is 1. The third-order valence-electron chi connectivity index (χ3n) is 2.98. The van der Waals surface area contributed by atoms with Crippen LogP contribution in [0.25, 0.3) is 10.9 Å². The average molecular weight is 218 g/mol. The van der Waals surface area contributed by atoms with Crippen LogP contribution in [0.4, 0.5) is 0 Å². The molecular weight excluding hydrogens is 200 g/mol. The van der Waals surface area contributed by atoms with Gasteiger partial charge in [-0.1, -0.05) is 6.07 Å². The summed E-state index contributed by atoms with van der Waals surface area (Å²) in [6.07, 6.45) is 2.83. The number of likely N-dealkylation sites (N-methyl/N-ethyl adjacent to an activating group) is 1. The third kappa shape index (κ3) is 2.23. The zero-order chi connectivity index (χ0) is 11.5. The van der Waals surface area contributed by atoms with Crippen LogP contribution in [-0.4, -0.2) is 41.8 Å². The summed E-state index contributed by atoms with van der Waals surface area (Å²) >= 11 is 0. The summed E-state index contributed by atoms with van der Waals surface area (Å²) in [5, 5.41) is 8.13. The second-order valence-electron chi connectivity index (χ2n) is 4.35. The molecule has 0 aliphatic carbocycles. The molecule has 4 nitrogen and oxygen atoms in total. The molecule has 16 heavy (non-hydrogen) atoms. The van der Waals surface area contributed by atoms with Gasteiger partial charge >= 0.3 is 0 Å². The Bertz CT molecular complexity index is 461. The van der Waals surface area contributed by atoms with Crippen molar-refractivity contribution in [2.45, 2.75) is 12.5 Å². The van der Waals surface area contributed by atoms with E-state index in [1.807, 2.05) is 6.20 Å². The van der Waals surface area contributed by atoms with Gasteiger partial charge in [-0.3, -0.25) is 5.10 Å². The van der Waals surface area contributed by atoms with Crippen molar-refractivity contribution in [3.8, 4) is 0 Å². The maximum atomic E-state index is 5.75. The Labute approximate surface area is 95.4 Å². The highest BCUT2D eigenvalue weighted by Gasteiger charge is 2.10. The van der Waals surface area contributed by atoms with Gasteiger partial charge in [-0.05, 0) is 38.2 Å². The topological polar surface area (TPSA) is 57.9 Å². The Balaban J connectivity index is 2.19. The highest BCUT2D eigenvalue weighted by atomic mass is 15.1. The molecule has 0 fully saturated rings. The van der Waals surface area contributed by atoms with E-state index >= 15 is 0 Å². The van der Waals surface area contributed by atoms with E-state index < -0.39 is 0 Å². The van der Waals surface area contributed by atoms with Crippen LogP contribution in [0.3, 0.4) is 0 Å². The van der Waals surface area contributed by atoms with Gasteiger partial charge < -0.3 is 10.6 Å². The van der Waals surface area contributed by atoms with Gasteiger partial charge in [-0.2, -0.15) is 5.10 Å². The van der Waals surface area contributed by atoms with Crippen molar-refractivity contribution in [3.63, 3.8) is 0 Å². The van der Waals surface area contributed by atoms with E-state index in [0.717, 1.165) is 17.3 Å². The number of nitrogens with zero attached hydrogens (tertiary/aromatic N) is 2. The van der Waals surface area contributed by atoms with Crippen LogP contribution >= 0.6 is 0 Å². The van der Waals surface area contributed by atoms with Gasteiger partial charge in [0.05, 0.1) is 11.7 Å². The van der Waals surface area contributed by atoms with E-state index in [9.17, 15) is 0 Å². The number of hydrogen-bond acceptors (Lipinski definition) is 3. The third-order valence-corrected chi connectivity index (χ3v) is 2.98. The molecule has 3 N–H and O–H groups in total. The van der Waals surface area contributed by atoms with E-state index in [2.05, 4.69) is 47.4 Å². The summed E-state index contributed by atoms with van der Waals surface area (Å²) in [6.45, 7) is 0.677. The van der Waals surface area contributed by atoms with Gasteiger partial charge in [0.1, 0.15) is 0 Å². The van der Waals surface area contributed by atoms with Crippen molar-refractivity contribution in [3.05, 3.63) is 30.0 Å². The fourth-order valence-electron chi connectivity index (χ4n) is 1.87. The quantitative estimate of drug-likeness (QED) is 0.804. The molecular formula is C12H18N4. The van der Waals surface area contributed by atoms with Crippen molar-refractivity contribution in [2.24, 2.45) is 5.73 Å². The van der Waals surface area contributed by atoms with Crippen molar-refractivity contribution in [1.29, 1.82) is 0 Å². The first-order valence-corrected chi connectivity index (χ1v) is 5.49. The molecule has 0 radical (unpaired) electrons. The predicted molar refractivity (Wildman–Crippen MR) is 66.3 cm³/mol. The molecule has 0 spiro atoms. The molecule has 1 heterocycles. The van der Waals surface area contributed by atoms with Crippen molar-refractivity contribution in [1.82, 2.24) is 15.1 Å². The predicted octanol–water partition coefficient (Wildman–Crippen LogP) is 0.994. The molecule has 4 heteroatoms. The Kier molecular flexibility index (Phi) is 3.22. The molecule has 0 saturated carbocycles. The lowest BCUT2D eigenvalue weighted by atomic mass is 10.0. The summed E-state index contributed by atoms with van der Waals surface area (Å²) in [7, 11) is 4.13. The minimum absolute atomic E-state index is 0.393. The number of rotatable bonds is 4. The number of nitrogens with two attached hydrogens (primary N) is 1. The minimum atomic E-state index is 0.393. The molecule has 1 aromatic carbocycles. The molecule has 86 valence electrons. The summed E-state index contributed by atoms with van der Waals surface area (Å²) < 4.78 is 0. The first kappa shape index (κ1) is 11.1. The van der Waals surface area contributed by atoms with Crippen molar-refractivity contribution < 1.29 is 0 Å². The van der Waals surface area contributed by atoms with E-state index in [1.165, 1.54) is 5.56 Å². The second-order valence-corrected chi connectivity index (χ2v) is 4.35. The molecule has 0 bridgehead atoms. The number of H-pyrrole nitrogens is 1. The average Bonchev–Trinajstić information content (AvgIpc) is 2.72. The Hall–Kier alpha value is -1.39. The van der Waals surface area contributed by atoms with Gasteiger partial charge in [0.15, 0.2) is 0 Å². The number of fused-ring (bicyclic) bond motifs is 1. The molecule has 0 saturated heterocycles. The Morgan fingerprint density at radius 3 is 2.94 bits per heavy atom. The number of hydrogen-bond donors (Lipinski definition) is 2. The zero-order valence-corrected chi connectivity index (χ0v) is 9.77. The largest absolute Gasteiger partial charge is 0.329 e. The normalized spacial score (nSPS) is 13.5. The summed E-state index contributed by atoms with van der Waals surface area (Å²) in [5.74, 6) is 0. The highest BCUT2D eigenvalue weighted by molar-refractivity contribution is 5.78. The number of aromatic amines is 1. The molecule has 0 aliphatic rings. The van der Waals surface area contributed by atoms with E-state index in [-0.39, 0.29) is 0 Å². The van der Waals surface area contributed by atoms with E-state index in [0.29, 0.717) is 12.6 Å². The molecule has 2 aromatic rings. The van der Waals surface area contributed by atoms with E-state index in [1.54, 1.807) is 0 Å². The maximum Gasteiger partial charge on any atom is 0.0650 e. The minimum Gasteiger partial charge on any atom is -0.329 e. The lowest BCUT2D eigenvalue weighted by molar-refractivity contribution is 0.298. The highest BCUT2D eigenvalue weighted by Crippen LogP contribution is 2.14. The van der Waals surface area contributed by atoms with Crippen LogP contribution in [0.15, 0.2) is 24.4 Å². The van der Waals surface area contributed by atoms with Crippen LogP contribution in [-0.2, 0) is 6.42 Å². The fraction of sp³-hybridized carbons (Fsp3) is 0.417. The van der Waals surface area contributed by atoms with Gasteiger partial charge in [0, 0.05) is 18.0 Å². The van der Waals surface area contributed by atoms with Gasteiger partial charge in [0.2, 0.25) is 0 Å². The molecule has 1 aromatic heterocycles. The molecule has 0 aliphatic heterocycles. The first-order valence-electron chi connectivity index (χ1n) is 5.49. The van der Waals surface area contributed by atoms with Crippen LogP contribution < -0.4 is 5.73 Å². The lowest BCUT2D eigenvalue weighted by Gasteiger charge is -2.22. The maximum absolute atomic E-state index is 5.75. The van der Waals surface area contributed by atoms with Crippen LogP contribution in [0.1, 0.15) is 5.56 Å². The van der Waals surface area contributed by atoms with Gasteiger partial charge in [-0.15, -0.1) is 0 Å². The monoisotopic (exact) mass is 218 g/mol. The van der Waals surface area contributed by atoms with Crippen molar-refractivity contribution in [2.75, 3.05) is 20.6 Å². The Morgan fingerprint density at radius 1 is 1.44 bits per heavy atom. The van der Waals surface area contributed by atoms with Gasteiger partial charge in [-0.25, -0.2) is 0 Å². The first-order chi connectivity index (χ1) is 7.70. The molecule has 2 rings (SSSR count). The molecule has 0 amide bonds. The van der Waals surface area contributed by atoms with Gasteiger partial charge in [0.25, 0.3) is 0 Å². The fourth-order valence-corrected chi connectivity index (χ4v) is 1.87. The Morgan fingerprint density at radius 2 is 2.25 bits per heavy atom.